The van der Waals surface area contributed by atoms with E-state index < -0.39 is 30.1 Å². The monoisotopic (exact) mass is 448 g/mol. The third kappa shape index (κ3) is 5.92. The van der Waals surface area contributed by atoms with Gasteiger partial charge >= 0.3 is 12.1 Å². The van der Waals surface area contributed by atoms with Gasteiger partial charge in [-0.2, -0.15) is 0 Å². The Kier molecular flexibility index (Phi) is 8.09. The number of hydrogen-bond acceptors (Lipinski definition) is 4. The molecule has 0 spiro atoms. The van der Waals surface area contributed by atoms with E-state index in [0.717, 1.165) is 28.7 Å². The number of ether oxygens (including phenoxy) is 1. The fourth-order valence-corrected chi connectivity index (χ4v) is 4.18. The van der Waals surface area contributed by atoms with Crippen LogP contribution in [0, 0.1) is 12.3 Å². The number of carboxylic acids is 1. The van der Waals surface area contributed by atoms with Gasteiger partial charge in [0.05, 0.1) is 0 Å². The number of hydrogen-bond donors (Lipinski definition) is 3. The molecule has 172 valence electrons. The van der Waals surface area contributed by atoms with Crippen molar-refractivity contribution in [3.05, 3.63) is 59.7 Å². The Morgan fingerprint density at radius 2 is 1.67 bits per heavy atom. The minimum absolute atomic E-state index is 0.0591. The lowest BCUT2D eigenvalue weighted by molar-refractivity contribution is -0.141. The quantitative estimate of drug-likeness (QED) is 0.481. The van der Waals surface area contributed by atoms with Crippen molar-refractivity contribution >= 4 is 18.0 Å². The highest BCUT2D eigenvalue weighted by Gasteiger charge is 2.29. The number of alkyl carbamates (subject to hydrolysis) is 1. The van der Waals surface area contributed by atoms with Crippen molar-refractivity contribution < 1.29 is 24.2 Å². The number of fused-ring (bicyclic) bond motifs is 3. The maximum Gasteiger partial charge on any atom is 0.407 e. The number of nitrogens with one attached hydrogen (secondary N) is 2. The molecular weight excluding hydrogens is 420 g/mol. The van der Waals surface area contributed by atoms with E-state index in [1.165, 1.54) is 0 Å². The van der Waals surface area contributed by atoms with Gasteiger partial charge in [-0.3, -0.25) is 4.79 Å². The highest BCUT2D eigenvalue weighted by atomic mass is 16.5. The Morgan fingerprint density at radius 1 is 1.06 bits per heavy atom. The summed E-state index contributed by atoms with van der Waals surface area (Å²) in [5.74, 6) is 0.491. The number of rotatable bonds is 10. The van der Waals surface area contributed by atoms with E-state index in [-0.39, 0.29) is 25.4 Å². The molecule has 0 bridgehead atoms. The zero-order chi connectivity index (χ0) is 23.8. The zero-order valence-electron chi connectivity index (χ0n) is 18.5. The molecule has 3 N–H and O–H groups in total. The van der Waals surface area contributed by atoms with Crippen LogP contribution in [0.5, 0.6) is 0 Å². The van der Waals surface area contributed by atoms with Gasteiger partial charge in [0.15, 0.2) is 0 Å². The molecule has 2 unspecified atom stereocenters. The van der Waals surface area contributed by atoms with Gasteiger partial charge in [0, 0.05) is 24.8 Å². The minimum atomic E-state index is -1.20. The second-order valence-corrected chi connectivity index (χ2v) is 8.03. The molecule has 0 aliphatic heterocycles. The largest absolute Gasteiger partial charge is 0.480 e. The molecule has 33 heavy (non-hydrogen) atoms. The predicted molar refractivity (Wildman–Crippen MR) is 125 cm³/mol. The molecule has 1 aliphatic rings. The zero-order valence-corrected chi connectivity index (χ0v) is 18.5. The smallest absolute Gasteiger partial charge is 0.407 e. The summed E-state index contributed by atoms with van der Waals surface area (Å²) in [4.78, 5) is 36.0. The van der Waals surface area contributed by atoms with Crippen molar-refractivity contribution in [2.75, 3.05) is 6.61 Å². The first-order valence-electron chi connectivity index (χ1n) is 11.0. The normalized spacial score (nSPS) is 13.7. The molecule has 1 aliphatic carbocycles. The standard InChI is InChI=1S/C26H28N2O5/c1-3-9-17(15-24(29)28-23(10-4-2)25(30)31)27-26(32)33-16-22-20-13-7-5-11-18(20)19-12-6-8-14-21(19)22/h2,5-8,11-14,17,22-23H,3,9-10,15-16H2,1H3,(H,27,32)(H,28,29)(H,30,31). The summed E-state index contributed by atoms with van der Waals surface area (Å²) in [6.07, 6.45) is 5.66. The predicted octanol–water partition coefficient (Wildman–Crippen LogP) is 3.68. The lowest BCUT2D eigenvalue weighted by Crippen LogP contribution is -2.44. The summed E-state index contributed by atoms with van der Waals surface area (Å²) >= 11 is 0. The van der Waals surface area contributed by atoms with Gasteiger partial charge in [-0.15, -0.1) is 12.3 Å². The number of aliphatic carboxylic acids is 1. The van der Waals surface area contributed by atoms with Gasteiger partial charge in [0.2, 0.25) is 5.91 Å². The van der Waals surface area contributed by atoms with Crippen LogP contribution in [0.25, 0.3) is 11.1 Å². The topological polar surface area (TPSA) is 105 Å². The first-order valence-corrected chi connectivity index (χ1v) is 11.0. The number of terminal acetylenes is 1. The maximum absolute atomic E-state index is 12.5. The summed E-state index contributed by atoms with van der Waals surface area (Å²) in [6, 6.07) is 14.5. The molecule has 7 nitrogen and oxygen atoms in total. The maximum atomic E-state index is 12.5. The second-order valence-electron chi connectivity index (χ2n) is 8.03. The lowest BCUT2D eigenvalue weighted by atomic mass is 9.98. The highest BCUT2D eigenvalue weighted by Crippen LogP contribution is 2.44. The fraction of sp³-hybridized carbons (Fsp3) is 0.346. The van der Waals surface area contributed by atoms with Crippen molar-refractivity contribution in [2.45, 2.75) is 50.6 Å². The van der Waals surface area contributed by atoms with E-state index in [2.05, 4.69) is 28.7 Å². The Bertz CT molecular complexity index is 1010. The van der Waals surface area contributed by atoms with E-state index in [1.807, 2.05) is 43.3 Å². The number of carboxylic acid groups (broad SMARTS) is 1. The molecule has 0 saturated heterocycles. The molecule has 2 aromatic rings. The molecule has 0 aromatic heterocycles. The third-order valence-electron chi connectivity index (χ3n) is 5.69. The van der Waals surface area contributed by atoms with Gasteiger partial charge in [0.1, 0.15) is 12.6 Å². The van der Waals surface area contributed by atoms with E-state index in [0.29, 0.717) is 6.42 Å². The van der Waals surface area contributed by atoms with Gasteiger partial charge in [0.25, 0.3) is 0 Å². The van der Waals surface area contributed by atoms with Crippen LogP contribution < -0.4 is 10.6 Å². The molecule has 7 heteroatoms. The molecule has 0 fully saturated rings. The van der Waals surface area contributed by atoms with Crippen LogP contribution in [-0.4, -0.2) is 41.8 Å². The molecule has 0 heterocycles. The average Bonchev–Trinajstić information content (AvgIpc) is 3.11. The molecule has 2 amide bonds. The molecule has 0 saturated carbocycles. The van der Waals surface area contributed by atoms with Gasteiger partial charge in [-0.1, -0.05) is 61.9 Å². The van der Waals surface area contributed by atoms with Crippen molar-refractivity contribution in [1.82, 2.24) is 10.6 Å². The summed E-state index contributed by atoms with van der Waals surface area (Å²) in [7, 11) is 0. The Morgan fingerprint density at radius 3 is 2.21 bits per heavy atom. The van der Waals surface area contributed by atoms with E-state index in [9.17, 15) is 14.4 Å². The van der Waals surface area contributed by atoms with Crippen LogP contribution in [0.2, 0.25) is 0 Å². The van der Waals surface area contributed by atoms with E-state index in [4.69, 9.17) is 16.3 Å². The van der Waals surface area contributed by atoms with Crippen LogP contribution in [-0.2, 0) is 14.3 Å². The highest BCUT2D eigenvalue weighted by molar-refractivity contribution is 5.84. The Labute approximate surface area is 193 Å². The summed E-state index contributed by atoms with van der Waals surface area (Å²) in [5, 5.41) is 14.3. The fourth-order valence-electron chi connectivity index (χ4n) is 4.18. The van der Waals surface area contributed by atoms with Gasteiger partial charge in [-0.25, -0.2) is 9.59 Å². The van der Waals surface area contributed by atoms with Crippen molar-refractivity contribution in [3.8, 4) is 23.5 Å². The number of benzene rings is 2. The van der Waals surface area contributed by atoms with Crippen molar-refractivity contribution in [3.63, 3.8) is 0 Å². The van der Waals surface area contributed by atoms with Crippen LogP contribution in [0.3, 0.4) is 0 Å². The van der Waals surface area contributed by atoms with Crippen molar-refractivity contribution in [1.29, 1.82) is 0 Å². The summed E-state index contributed by atoms with van der Waals surface area (Å²) < 4.78 is 5.55. The van der Waals surface area contributed by atoms with Crippen LogP contribution in [0.1, 0.15) is 49.7 Å². The van der Waals surface area contributed by atoms with E-state index in [1.54, 1.807) is 0 Å². The Hall–Kier alpha value is -3.79. The Balaban J connectivity index is 1.59. The van der Waals surface area contributed by atoms with Gasteiger partial charge < -0.3 is 20.5 Å². The van der Waals surface area contributed by atoms with Crippen molar-refractivity contribution in [2.24, 2.45) is 0 Å². The van der Waals surface area contributed by atoms with Crippen LogP contribution in [0.15, 0.2) is 48.5 Å². The second kappa shape index (κ2) is 11.2. The molecule has 2 atom stereocenters. The van der Waals surface area contributed by atoms with Crippen LogP contribution in [0.4, 0.5) is 4.79 Å². The van der Waals surface area contributed by atoms with Crippen LogP contribution >= 0.6 is 0 Å². The molecule has 0 radical (unpaired) electrons. The first-order chi connectivity index (χ1) is 15.9. The minimum Gasteiger partial charge on any atom is -0.480 e. The number of carbonyl (C=O) groups is 3. The van der Waals surface area contributed by atoms with E-state index >= 15 is 0 Å². The third-order valence-corrected chi connectivity index (χ3v) is 5.69. The molecule has 2 aromatic carbocycles. The molecular formula is C26H28N2O5. The summed E-state index contributed by atoms with van der Waals surface area (Å²) in [6.45, 7) is 2.11. The molecule has 3 rings (SSSR count). The summed E-state index contributed by atoms with van der Waals surface area (Å²) in [5.41, 5.74) is 4.51. The van der Waals surface area contributed by atoms with Gasteiger partial charge in [-0.05, 0) is 28.7 Å². The first kappa shape index (κ1) is 23.9. The SMILES string of the molecule is C#CCC(NC(=O)CC(CCC)NC(=O)OCC1c2ccccc2-c2ccccc21)C(=O)O. The lowest BCUT2D eigenvalue weighted by Gasteiger charge is -2.20. The number of amides is 2. The average molecular weight is 449 g/mol. The number of carbonyl (C=O) groups excluding carboxylic acids is 2.